The molecule has 0 aliphatic rings. The number of nitrogens with two attached hydrogens (primary N) is 1. The van der Waals surface area contributed by atoms with Gasteiger partial charge >= 0.3 is 0 Å². The van der Waals surface area contributed by atoms with E-state index in [0.717, 1.165) is 6.42 Å². The lowest BCUT2D eigenvalue weighted by molar-refractivity contribution is 0.385. The number of halogens is 3. The third-order valence-corrected chi connectivity index (χ3v) is 3.35. The predicted octanol–water partition coefficient (Wildman–Crippen LogP) is 1.80. The quantitative estimate of drug-likeness (QED) is 0.453. The molecule has 0 radical (unpaired) electrons. The summed E-state index contributed by atoms with van der Waals surface area (Å²) in [6.45, 7) is 1.97. The standard InChI is InChI=1S/C5H11BrCl2N2/c1-2-5(3-7,10-9)4(6)8/h4,10H,2-3,9H2,1H3. The van der Waals surface area contributed by atoms with Crippen molar-refractivity contribution >= 4 is 39.1 Å². The van der Waals surface area contributed by atoms with E-state index >= 15 is 0 Å². The van der Waals surface area contributed by atoms with Gasteiger partial charge in [-0.05, 0) is 6.42 Å². The molecule has 0 aliphatic heterocycles. The average Bonchev–Trinajstić information content (AvgIpc) is 1.92. The molecule has 0 aliphatic carbocycles. The van der Waals surface area contributed by atoms with Crippen LogP contribution in [0.3, 0.4) is 0 Å². The summed E-state index contributed by atoms with van der Waals surface area (Å²) in [7, 11) is 0. The Morgan fingerprint density at radius 1 is 1.80 bits per heavy atom. The first-order chi connectivity index (χ1) is 4.63. The summed E-state index contributed by atoms with van der Waals surface area (Å²) in [5, 5.41) is 0. The van der Waals surface area contributed by atoms with Crippen LogP contribution < -0.4 is 11.3 Å². The number of rotatable bonds is 4. The van der Waals surface area contributed by atoms with Gasteiger partial charge < -0.3 is 0 Å². The molecule has 0 saturated carbocycles. The lowest BCUT2D eigenvalue weighted by Crippen LogP contribution is -2.55. The fourth-order valence-corrected chi connectivity index (χ4v) is 2.11. The highest BCUT2D eigenvalue weighted by Crippen LogP contribution is 2.25. The molecular formula is C5H11BrCl2N2. The molecule has 0 fully saturated rings. The van der Waals surface area contributed by atoms with E-state index in [2.05, 4.69) is 21.4 Å². The van der Waals surface area contributed by atoms with Gasteiger partial charge in [0.25, 0.3) is 0 Å². The van der Waals surface area contributed by atoms with Crippen molar-refractivity contribution in [3.8, 4) is 0 Å². The minimum atomic E-state index is -0.400. The van der Waals surface area contributed by atoms with Gasteiger partial charge in [0.05, 0.1) is 5.54 Å². The summed E-state index contributed by atoms with van der Waals surface area (Å²) in [5.41, 5.74) is 2.20. The lowest BCUT2D eigenvalue weighted by Gasteiger charge is -2.30. The van der Waals surface area contributed by atoms with Gasteiger partial charge in [-0.1, -0.05) is 22.9 Å². The summed E-state index contributed by atoms with van der Waals surface area (Å²) >= 11 is 14.7. The zero-order valence-corrected chi connectivity index (χ0v) is 8.80. The van der Waals surface area contributed by atoms with E-state index in [0.29, 0.717) is 5.88 Å². The first kappa shape index (κ1) is 11.0. The van der Waals surface area contributed by atoms with E-state index in [1.807, 2.05) is 6.92 Å². The van der Waals surface area contributed by atoms with Crippen molar-refractivity contribution in [2.24, 2.45) is 5.84 Å². The average molecular weight is 250 g/mol. The van der Waals surface area contributed by atoms with Crippen LogP contribution in [0.1, 0.15) is 13.3 Å². The number of hydrogen-bond donors (Lipinski definition) is 2. The van der Waals surface area contributed by atoms with Gasteiger partial charge in [0.15, 0.2) is 0 Å². The normalized spacial score (nSPS) is 20.1. The van der Waals surface area contributed by atoms with Crippen LogP contribution in [0, 0.1) is 0 Å². The third kappa shape index (κ3) is 2.24. The summed E-state index contributed by atoms with van der Waals surface area (Å²) < 4.78 is -0.243. The van der Waals surface area contributed by atoms with Crippen LogP contribution in [0.15, 0.2) is 0 Å². The van der Waals surface area contributed by atoms with E-state index in [9.17, 15) is 0 Å². The number of alkyl halides is 3. The Morgan fingerprint density at radius 3 is 2.30 bits per heavy atom. The molecular weight excluding hydrogens is 239 g/mol. The predicted molar refractivity (Wildman–Crippen MR) is 49.6 cm³/mol. The number of hydrogen-bond acceptors (Lipinski definition) is 2. The molecule has 3 N–H and O–H groups in total. The van der Waals surface area contributed by atoms with Gasteiger partial charge in [-0.2, -0.15) is 0 Å². The van der Waals surface area contributed by atoms with Crippen LogP contribution in [0.5, 0.6) is 0 Å². The SMILES string of the molecule is CCC(CCl)(NN)C(Cl)Br. The Kier molecular flexibility index (Phi) is 5.24. The third-order valence-electron chi connectivity index (χ3n) is 1.57. The first-order valence-corrected chi connectivity index (χ1v) is 4.83. The summed E-state index contributed by atoms with van der Waals surface area (Å²) in [4.78, 5) is 0. The fourth-order valence-electron chi connectivity index (χ4n) is 0.511. The van der Waals surface area contributed by atoms with Gasteiger partial charge in [-0.25, -0.2) is 0 Å². The maximum Gasteiger partial charge on any atom is 0.109 e. The smallest absolute Gasteiger partial charge is 0.109 e. The van der Waals surface area contributed by atoms with Crippen molar-refractivity contribution in [3.05, 3.63) is 0 Å². The summed E-state index contributed by atoms with van der Waals surface area (Å²) in [6, 6.07) is 0. The van der Waals surface area contributed by atoms with E-state index in [1.54, 1.807) is 0 Å². The van der Waals surface area contributed by atoms with Crippen molar-refractivity contribution in [1.82, 2.24) is 5.43 Å². The van der Waals surface area contributed by atoms with Crippen LogP contribution in [0.4, 0.5) is 0 Å². The van der Waals surface area contributed by atoms with E-state index in [1.165, 1.54) is 0 Å². The second-order valence-electron chi connectivity index (χ2n) is 2.09. The van der Waals surface area contributed by atoms with Crippen LogP contribution in [-0.2, 0) is 0 Å². The van der Waals surface area contributed by atoms with Gasteiger partial charge in [0, 0.05) is 5.88 Å². The second kappa shape index (κ2) is 4.78. The highest BCUT2D eigenvalue weighted by Gasteiger charge is 2.32. The summed E-state index contributed by atoms with van der Waals surface area (Å²) in [6.07, 6.45) is 0.784. The van der Waals surface area contributed by atoms with E-state index < -0.39 is 5.54 Å². The molecule has 2 atom stereocenters. The molecule has 0 aromatic rings. The van der Waals surface area contributed by atoms with Gasteiger partial charge in [0.2, 0.25) is 0 Å². The zero-order valence-electron chi connectivity index (χ0n) is 5.70. The minimum absolute atomic E-state index is 0.243. The fraction of sp³-hybridized carbons (Fsp3) is 1.00. The molecule has 0 rings (SSSR count). The van der Waals surface area contributed by atoms with Crippen molar-refractivity contribution in [1.29, 1.82) is 0 Å². The Balaban J connectivity index is 4.15. The Bertz CT molecular complexity index is 87.4. The van der Waals surface area contributed by atoms with Crippen molar-refractivity contribution in [2.75, 3.05) is 5.88 Å². The molecule has 10 heavy (non-hydrogen) atoms. The molecule has 0 spiro atoms. The molecule has 0 aromatic heterocycles. The summed E-state index contributed by atoms with van der Waals surface area (Å²) in [5.74, 6) is 5.67. The van der Waals surface area contributed by atoms with Crippen LogP contribution >= 0.6 is 39.1 Å². The van der Waals surface area contributed by atoms with Gasteiger partial charge in [0.1, 0.15) is 4.29 Å². The molecule has 0 heterocycles. The van der Waals surface area contributed by atoms with E-state index in [4.69, 9.17) is 29.0 Å². The minimum Gasteiger partial charge on any atom is -0.271 e. The maximum absolute atomic E-state index is 5.79. The second-order valence-corrected chi connectivity index (χ2v) is 4.23. The largest absolute Gasteiger partial charge is 0.271 e. The molecule has 0 amide bonds. The van der Waals surface area contributed by atoms with Gasteiger partial charge in [-0.15, -0.1) is 23.2 Å². The molecule has 0 saturated heterocycles. The molecule has 62 valence electrons. The molecule has 2 unspecified atom stereocenters. The molecule has 0 bridgehead atoms. The number of hydrazine groups is 1. The van der Waals surface area contributed by atoms with E-state index in [-0.39, 0.29) is 4.29 Å². The van der Waals surface area contributed by atoms with Crippen LogP contribution in [-0.4, -0.2) is 15.7 Å². The van der Waals surface area contributed by atoms with Crippen molar-refractivity contribution < 1.29 is 0 Å². The monoisotopic (exact) mass is 248 g/mol. The van der Waals surface area contributed by atoms with Gasteiger partial charge in [-0.3, -0.25) is 11.3 Å². The maximum atomic E-state index is 5.79. The Hall–Kier alpha value is 0.980. The molecule has 5 heteroatoms. The number of nitrogens with one attached hydrogen (secondary N) is 1. The van der Waals surface area contributed by atoms with Crippen molar-refractivity contribution in [2.45, 2.75) is 23.2 Å². The Morgan fingerprint density at radius 2 is 2.30 bits per heavy atom. The Labute approximate surface area is 79.5 Å². The zero-order chi connectivity index (χ0) is 8.20. The topological polar surface area (TPSA) is 38.0 Å². The molecule has 2 nitrogen and oxygen atoms in total. The van der Waals surface area contributed by atoms with Crippen molar-refractivity contribution in [3.63, 3.8) is 0 Å². The van der Waals surface area contributed by atoms with Crippen LogP contribution in [0.25, 0.3) is 0 Å². The lowest BCUT2D eigenvalue weighted by atomic mass is 10.0. The van der Waals surface area contributed by atoms with Crippen LogP contribution in [0.2, 0.25) is 0 Å². The highest BCUT2D eigenvalue weighted by molar-refractivity contribution is 9.10. The highest BCUT2D eigenvalue weighted by atomic mass is 79.9. The first-order valence-electron chi connectivity index (χ1n) is 2.95. The molecule has 0 aromatic carbocycles.